The number of amidine groups is 1. The van der Waals surface area contributed by atoms with Crippen LogP contribution in [-0.2, 0) is 14.8 Å². The maximum absolute atomic E-state index is 11.9. The smallest absolute Gasteiger partial charge is 0.216 e. The molecule has 0 radical (unpaired) electrons. The zero-order valence-corrected chi connectivity index (χ0v) is 11.3. The number of oxime groups is 1. The van der Waals surface area contributed by atoms with Gasteiger partial charge in [-0.05, 0) is 13.8 Å². The summed E-state index contributed by atoms with van der Waals surface area (Å²) in [4.78, 5) is 0. The summed E-state index contributed by atoms with van der Waals surface area (Å²) >= 11 is 0. The first-order chi connectivity index (χ1) is 7.85. The minimum Gasteiger partial charge on any atom is -0.409 e. The zero-order valence-electron chi connectivity index (χ0n) is 10.5. The Labute approximate surface area is 102 Å². The second-order valence-electron chi connectivity index (χ2n) is 3.85. The van der Waals surface area contributed by atoms with Gasteiger partial charge >= 0.3 is 0 Å². The van der Waals surface area contributed by atoms with Crippen molar-refractivity contribution in [3.8, 4) is 0 Å². The minimum atomic E-state index is -3.37. The Morgan fingerprint density at radius 3 is 2.53 bits per heavy atom. The van der Waals surface area contributed by atoms with Gasteiger partial charge in [0.15, 0.2) is 0 Å². The van der Waals surface area contributed by atoms with Gasteiger partial charge in [-0.1, -0.05) is 5.16 Å². The molecule has 0 fully saturated rings. The van der Waals surface area contributed by atoms with Crippen LogP contribution in [0.3, 0.4) is 0 Å². The Balaban J connectivity index is 4.62. The first-order valence-electron chi connectivity index (χ1n) is 5.30. The number of ether oxygens (including phenoxy) is 1. The van der Waals surface area contributed by atoms with Crippen molar-refractivity contribution in [1.29, 1.82) is 0 Å². The highest BCUT2D eigenvalue weighted by molar-refractivity contribution is 7.89. The van der Waals surface area contributed by atoms with Crippen molar-refractivity contribution in [2.45, 2.75) is 26.3 Å². The van der Waals surface area contributed by atoms with Gasteiger partial charge in [-0.3, -0.25) is 0 Å². The fourth-order valence-electron chi connectivity index (χ4n) is 1.30. The van der Waals surface area contributed by atoms with E-state index >= 15 is 0 Å². The van der Waals surface area contributed by atoms with Crippen molar-refractivity contribution in [2.24, 2.45) is 10.9 Å². The third-order valence-corrected chi connectivity index (χ3v) is 4.20. The van der Waals surface area contributed by atoms with Crippen LogP contribution in [0.5, 0.6) is 0 Å². The Hall–Kier alpha value is -0.860. The highest BCUT2D eigenvalue weighted by atomic mass is 32.2. The van der Waals surface area contributed by atoms with E-state index in [9.17, 15) is 8.42 Å². The molecule has 0 spiro atoms. The number of hydrogen-bond acceptors (Lipinski definition) is 5. The SMILES string of the molecule is COCCS(=O)(=O)N(CC/C(N)=N/O)C(C)C. The third kappa shape index (κ3) is 5.85. The van der Waals surface area contributed by atoms with Gasteiger partial charge in [-0.25, -0.2) is 8.42 Å². The van der Waals surface area contributed by atoms with E-state index in [0.717, 1.165) is 0 Å². The maximum atomic E-state index is 11.9. The highest BCUT2D eigenvalue weighted by Gasteiger charge is 2.24. The average molecular weight is 267 g/mol. The topological polar surface area (TPSA) is 105 Å². The number of hydrogen-bond donors (Lipinski definition) is 2. The van der Waals surface area contributed by atoms with Crippen LogP contribution in [-0.4, -0.2) is 55.8 Å². The highest BCUT2D eigenvalue weighted by Crippen LogP contribution is 2.08. The molecule has 0 aromatic rings. The van der Waals surface area contributed by atoms with Crippen LogP contribution < -0.4 is 5.73 Å². The molecule has 0 aliphatic rings. The third-order valence-electron chi connectivity index (χ3n) is 2.20. The second kappa shape index (κ2) is 7.46. The summed E-state index contributed by atoms with van der Waals surface area (Å²) in [7, 11) is -1.92. The van der Waals surface area contributed by atoms with E-state index in [2.05, 4.69) is 5.16 Å². The predicted octanol–water partition coefficient (Wildman–Crippen LogP) is -0.190. The van der Waals surface area contributed by atoms with Crippen LogP contribution in [0.2, 0.25) is 0 Å². The predicted molar refractivity (Wildman–Crippen MR) is 65.5 cm³/mol. The fraction of sp³-hybridized carbons (Fsp3) is 0.889. The number of rotatable bonds is 8. The molecule has 3 N–H and O–H groups in total. The largest absolute Gasteiger partial charge is 0.409 e. The van der Waals surface area contributed by atoms with Crippen molar-refractivity contribution in [2.75, 3.05) is 26.0 Å². The van der Waals surface area contributed by atoms with E-state index < -0.39 is 10.0 Å². The molecule has 0 aromatic heterocycles. The van der Waals surface area contributed by atoms with Crippen LogP contribution in [0.25, 0.3) is 0 Å². The summed E-state index contributed by atoms with van der Waals surface area (Å²) in [6, 6.07) is -0.177. The molecule has 0 atom stereocenters. The molecular formula is C9H21N3O4S. The molecule has 0 heterocycles. The molecule has 17 heavy (non-hydrogen) atoms. The van der Waals surface area contributed by atoms with Gasteiger partial charge in [-0.15, -0.1) is 0 Å². The van der Waals surface area contributed by atoms with Gasteiger partial charge in [0.1, 0.15) is 5.84 Å². The van der Waals surface area contributed by atoms with E-state index in [1.807, 2.05) is 0 Å². The summed E-state index contributed by atoms with van der Waals surface area (Å²) in [6.45, 7) is 3.89. The van der Waals surface area contributed by atoms with Gasteiger partial charge in [0.2, 0.25) is 10.0 Å². The summed E-state index contributed by atoms with van der Waals surface area (Å²) in [6.07, 6.45) is 0.195. The molecule has 0 saturated heterocycles. The molecule has 7 nitrogen and oxygen atoms in total. The number of nitrogens with two attached hydrogens (primary N) is 1. The Morgan fingerprint density at radius 2 is 2.12 bits per heavy atom. The first-order valence-corrected chi connectivity index (χ1v) is 6.91. The molecule has 0 rings (SSSR count). The van der Waals surface area contributed by atoms with E-state index in [0.29, 0.717) is 0 Å². The molecule has 0 saturated carbocycles. The maximum Gasteiger partial charge on any atom is 0.216 e. The van der Waals surface area contributed by atoms with E-state index in [1.165, 1.54) is 11.4 Å². The molecule has 102 valence electrons. The summed E-state index contributed by atoms with van der Waals surface area (Å²) in [5, 5.41) is 11.2. The monoisotopic (exact) mass is 267 g/mol. The van der Waals surface area contributed by atoms with Crippen molar-refractivity contribution in [3.05, 3.63) is 0 Å². The quantitative estimate of drug-likeness (QED) is 0.274. The average Bonchev–Trinajstić information content (AvgIpc) is 2.25. The van der Waals surface area contributed by atoms with Gasteiger partial charge in [0, 0.05) is 26.1 Å². The van der Waals surface area contributed by atoms with Gasteiger partial charge in [0.05, 0.1) is 12.4 Å². The van der Waals surface area contributed by atoms with Crippen LogP contribution >= 0.6 is 0 Å². The first kappa shape index (κ1) is 16.1. The lowest BCUT2D eigenvalue weighted by atomic mass is 10.3. The number of nitrogens with zero attached hydrogens (tertiary/aromatic N) is 2. The number of methoxy groups -OCH3 is 1. The zero-order chi connectivity index (χ0) is 13.5. The lowest BCUT2D eigenvalue weighted by Gasteiger charge is -2.25. The van der Waals surface area contributed by atoms with Crippen LogP contribution in [0.4, 0.5) is 0 Å². The second-order valence-corrected chi connectivity index (χ2v) is 5.90. The molecule has 0 aromatic carbocycles. The Kier molecular flexibility index (Phi) is 7.09. The summed E-state index contributed by atoms with van der Waals surface area (Å²) in [5.41, 5.74) is 5.32. The van der Waals surface area contributed by atoms with Crippen LogP contribution in [0.15, 0.2) is 5.16 Å². The molecule has 0 unspecified atom stereocenters. The van der Waals surface area contributed by atoms with Gasteiger partial charge in [-0.2, -0.15) is 4.31 Å². The molecular weight excluding hydrogens is 246 g/mol. The standard InChI is InChI=1S/C9H21N3O4S/c1-8(2)12(5-4-9(10)11-13)17(14,15)7-6-16-3/h8,13H,4-7H2,1-3H3,(H2,10,11). The lowest BCUT2D eigenvalue weighted by molar-refractivity contribution is 0.214. The van der Waals surface area contributed by atoms with Crippen molar-refractivity contribution >= 4 is 15.9 Å². The lowest BCUT2D eigenvalue weighted by Crippen LogP contribution is -2.41. The van der Waals surface area contributed by atoms with Crippen LogP contribution in [0, 0.1) is 0 Å². The molecule has 0 amide bonds. The van der Waals surface area contributed by atoms with Gasteiger partial charge in [0.25, 0.3) is 0 Å². The van der Waals surface area contributed by atoms with E-state index in [4.69, 9.17) is 15.7 Å². The minimum absolute atomic E-state index is 0.0117. The number of sulfonamides is 1. The molecule has 0 bridgehead atoms. The van der Waals surface area contributed by atoms with Crippen molar-refractivity contribution in [3.63, 3.8) is 0 Å². The van der Waals surface area contributed by atoms with E-state index in [1.54, 1.807) is 13.8 Å². The molecule has 8 heteroatoms. The fourth-order valence-corrected chi connectivity index (χ4v) is 2.92. The van der Waals surface area contributed by atoms with Crippen LogP contribution in [0.1, 0.15) is 20.3 Å². The van der Waals surface area contributed by atoms with E-state index in [-0.39, 0.29) is 37.2 Å². The van der Waals surface area contributed by atoms with Crippen molar-refractivity contribution < 1.29 is 18.4 Å². The summed E-state index contributed by atoms with van der Waals surface area (Å²) in [5.74, 6) is -0.0599. The Bertz CT molecular complexity index is 340. The molecule has 0 aliphatic carbocycles. The van der Waals surface area contributed by atoms with Crippen molar-refractivity contribution in [1.82, 2.24) is 4.31 Å². The van der Waals surface area contributed by atoms with Gasteiger partial charge < -0.3 is 15.7 Å². The molecule has 0 aliphatic heterocycles. The normalized spacial score (nSPS) is 13.6. The summed E-state index contributed by atoms with van der Waals surface area (Å²) < 4.78 is 30.0. The Morgan fingerprint density at radius 1 is 1.53 bits per heavy atom.